The molecular weight excluding hydrogens is 228 g/mol. The maximum absolute atomic E-state index is 5.83. The van der Waals surface area contributed by atoms with Crippen molar-refractivity contribution >= 4 is 0 Å². The number of rotatable bonds is 11. The Balaban J connectivity index is 3.67. The quantitative estimate of drug-likeness (QED) is 0.576. The van der Waals surface area contributed by atoms with Gasteiger partial charge in [0.05, 0.1) is 11.7 Å². The van der Waals surface area contributed by atoms with Gasteiger partial charge in [-0.15, -0.1) is 0 Å². The second-order valence-corrected chi connectivity index (χ2v) is 5.76. The molecule has 0 aliphatic heterocycles. The van der Waals surface area contributed by atoms with Crippen molar-refractivity contribution in [2.75, 3.05) is 39.9 Å². The average Bonchev–Trinajstić information content (AvgIpc) is 2.23. The molecule has 0 atom stereocenters. The van der Waals surface area contributed by atoms with E-state index >= 15 is 0 Å². The van der Waals surface area contributed by atoms with Crippen LogP contribution in [0.4, 0.5) is 0 Å². The first-order chi connectivity index (χ1) is 8.37. The average molecular weight is 260 g/mol. The summed E-state index contributed by atoms with van der Waals surface area (Å²) in [6, 6.07) is 0. The fraction of sp³-hybridized carbons (Fsp3) is 1.00. The largest absolute Gasteiger partial charge is 0.379 e. The molecule has 0 radical (unpaired) electrons. The van der Waals surface area contributed by atoms with Crippen LogP contribution in [0, 0.1) is 0 Å². The lowest BCUT2D eigenvalue weighted by molar-refractivity contribution is -0.0377. The lowest BCUT2D eigenvalue weighted by atomic mass is 10.1. The van der Waals surface area contributed by atoms with E-state index in [1.807, 2.05) is 0 Å². The van der Waals surface area contributed by atoms with Gasteiger partial charge >= 0.3 is 0 Å². The monoisotopic (exact) mass is 260 g/mol. The van der Waals surface area contributed by atoms with Gasteiger partial charge in [0.1, 0.15) is 0 Å². The normalized spacial score (nSPS) is 12.7. The standard InChI is InChI=1S/C14H32N2O2/c1-13(2)17-10-7-9-16(5)12-14(3,4)18-11-6-8-15/h13H,6-12,15H2,1-5H3. The number of hydrogen-bond acceptors (Lipinski definition) is 4. The topological polar surface area (TPSA) is 47.7 Å². The molecule has 110 valence electrons. The lowest BCUT2D eigenvalue weighted by Gasteiger charge is -2.30. The zero-order valence-corrected chi connectivity index (χ0v) is 12.9. The summed E-state index contributed by atoms with van der Waals surface area (Å²) in [5.41, 5.74) is 5.35. The zero-order valence-electron chi connectivity index (χ0n) is 12.9. The highest BCUT2D eigenvalue weighted by Crippen LogP contribution is 2.11. The molecule has 0 aromatic carbocycles. The van der Waals surface area contributed by atoms with Crippen LogP contribution >= 0.6 is 0 Å². The molecule has 0 fully saturated rings. The molecule has 2 N–H and O–H groups in total. The Hall–Kier alpha value is -0.160. The molecule has 0 aliphatic rings. The van der Waals surface area contributed by atoms with Crippen LogP contribution in [-0.4, -0.2) is 56.5 Å². The van der Waals surface area contributed by atoms with E-state index in [0.29, 0.717) is 12.6 Å². The number of ether oxygens (including phenoxy) is 2. The number of likely N-dealkylation sites (N-methyl/N-ethyl adjacent to an activating group) is 1. The third-order valence-corrected chi connectivity index (χ3v) is 2.63. The second-order valence-electron chi connectivity index (χ2n) is 5.76. The minimum Gasteiger partial charge on any atom is -0.379 e. The molecule has 18 heavy (non-hydrogen) atoms. The first-order valence-electron chi connectivity index (χ1n) is 7.01. The van der Waals surface area contributed by atoms with Crippen LogP contribution in [0.3, 0.4) is 0 Å². The molecule has 0 aromatic rings. The highest BCUT2D eigenvalue weighted by molar-refractivity contribution is 4.73. The van der Waals surface area contributed by atoms with Crippen molar-refractivity contribution in [2.24, 2.45) is 5.73 Å². The summed E-state index contributed by atoms with van der Waals surface area (Å²) in [5.74, 6) is 0. The fourth-order valence-electron chi connectivity index (χ4n) is 1.86. The molecule has 0 unspecified atom stereocenters. The van der Waals surface area contributed by atoms with Gasteiger partial charge in [-0.05, 0) is 54.1 Å². The maximum Gasteiger partial charge on any atom is 0.0752 e. The fourth-order valence-corrected chi connectivity index (χ4v) is 1.86. The predicted molar refractivity (Wildman–Crippen MR) is 76.9 cm³/mol. The molecule has 0 aliphatic carbocycles. The van der Waals surface area contributed by atoms with Crippen molar-refractivity contribution in [1.82, 2.24) is 4.90 Å². The summed E-state index contributed by atoms with van der Waals surface area (Å²) in [6.07, 6.45) is 2.31. The van der Waals surface area contributed by atoms with Gasteiger partial charge in [0.25, 0.3) is 0 Å². The summed E-state index contributed by atoms with van der Waals surface area (Å²) < 4.78 is 11.4. The van der Waals surface area contributed by atoms with Crippen molar-refractivity contribution in [1.29, 1.82) is 0 Å². The minimum atomic E-state index is -0.108. The van der Waals surface area contributed by atoms with Crippen LogP contribution in [0.2, 0.25) is 0 Å². The Morgan fingerprint density at radius 2 is 1.83 bits per heavy atom. The number of hydrogen-bond donors (Lipinski definition) is 1. The Kier molecular flexibility index (Phi) is 9.64. The first-order valence-corrected chi connectivity index (χ1v) is 7.01. The Labute approximate surface area is 113 Å². The van der Waals surface area contributed by atoms with Crippen molar-refractivity contribution in [2.45, 2.75) is 52.2 Å². The molecule has 0 bridgehead atoms. The maximum atomic E-state index is 5.83. The number of nitrogens with two attached hydrogens (primary N) is 1. The molecule has 0 saturated carbocycles. The van der Waals surface area contributed by atoms with Gasteiger partial charge in [0.15, 0.2) is 0 Å². The molecule has 0 amide bonds. The molecule has 0 heterocycles. The van der Waals surface area contributed by atoms with Gasteiger partial charge in [-0.25, -0.2) is 0 Å². The van der Waals surface area contributed by atoms with E-state index in [2.05, 4.69) is 39.6 Å². The van der Waals surface area contributed by atoms with E-state index in [0.717, 1.165) is 39.1 Å². The van der Waals surface area contributed by atoms with Crippen LogP contribution in [-0.2, 0) is 9.47 Å². The molecule has 0 aromatic heterocycles. The summed E-state index contributed by atoms with van der Waals surface area (Å²) in [6.45, 7) is 12.6. The SMILES string of the molecule is CC(C)OCCCN(C)CC(C)(C)OCCCN. The Morgan fingerprint density at radius 3 is 2.39 bits per heavy atom. The van der Waals surface area contributed by atoms with Crippen LogP contribution in [0.25, 0.3) is 0 Å². The number of nitrogens with zero attached hydrogens (tertiary/aromatic N) is 1. The summed E-state index contributed by atoms with van der Waals surface area (Å²) in [4.78, 5) is 2.30. The smallest absolute Gasteiger partial charge is 0.0752 e. The summed E-state index contributed by atoms with van der Waals surface area (Å²) in [7, 11) is 2.13. The van der Waals surface area contributed by atoms with Crippen LogP contribution < -0.4 is 5.73 Å². The van der Waals surface area contributed by atoms with Gasteiger partial charge in [-0.2, -0.15) is 0 Å². The van der Waals surface area contributed by atoms with E-state index < -0.39 is 0 Å². The van der Waals surface area contributed by atoms with Gasteiger partial charge < -0.3 is 20.1 Å². The van der Waals surface area contributed by atoms with Gasteiger partial charge in [-0.3, -0.25) is 0 Å². The van der Waals surface area contributed by atoms with E-state index in [1.54, 1.807) is 0 Å². The van der Waals surface area contributed by atoms with E-state index in [1.165, 1.54) is 0 Å². The van der Waals surface area contributed by atoms with Crippen LogP contribution in [0.5, 0.6) is 0 Å². The summed E-state index contributed by atoms with van der Waals surface area (Å²) >= 11 is 0. The van der Waals surface area contributed by atoms with E-state index in [-0.39, 0.29) is 5.60 Å². The minimum absolute atomic E-state index is 0.108. The molecule has 0 saturated heterocycles. The van der Waals surface area contributed by atoms with Gasteiger partial charge in [0.2, 0.25) is 0 Å². The molecular formula is C14H32N2O2. The van der Waals surface area contributed by atoms with Gasteiger partial charge in [-0.1, -0.05) is 0 Å². The summed E-state index contributed by atoms with van der Waals surface area (Å²) in [5, 5.41) is 0. The van der Waals surface area contributed by atoms with E-state index in [4.69, 9.17) is 15.2 Å². The lowest BCUT2D eigenvalue weighted by Crippen LogP contribution is -2.39. The van der Waals surface area contributed by atoms with Crippen LogP contribution in [0.15, 0.2) is 0 Å². The molecule has 0 spiro atoms. The highest BCUT2D eigenvalue weighted by atomic mass is 16.5. The third-order valence-electron chi connectivity index (χ3n) is 2.63. The van der Waals surface area contributed by atoms with Crippen molar-refractivity contribution in [3.05, 3.63) is 0 Å². The molecule has 4 heteroatoms. The van der Waals surface area contributed by atoms with Crippen molar-refractivity contribution in [3.8, 4) is 0 Å². The van der Waals surface area contributed by atoms with Gasteiger partial charge in [0, 0.05) is 26.3 Å². The van der Waals surface area contributed by atoms with Crippen molar-refractivity contribution < 1.29 is 9.47 Å². The van der Waals surface area contributed by atoms with E-state index in [9.17, 15) is 0 Å². The zero-order chi connectivity index (χ0) is 14.0. The molecule has 0 rings (SSSR count). The third kappa shape index (κ3) is 11.0. The second kappa shape index (κ2) is 9.73. The molecule has 4 nitrogen and oxygen atoms in total. The van der Waals surface area contributed by atoms with Crippen LogP contribution in [0.1, 0.15) is 40.5 Å². The first kappa shape index (κ1) is 17.8. The Morgan fingerprint density at radius 1 is 1.17 bits per heavy atom. The Bertz CT molecular complexity index is 196. The highest BCUT2D eigenvalue weighted by Gasteiger charge is 2.20. The predicted octanol–water partition coefficient (Wildman–Crippen LogP) is 1.88. The van der Waals surface area contributed by atoms with Crippen molar-refractivity contribution in [3.63, 3.8) is 0 Å².